The molecule has 3 nitrogen and oxygen atoms in total. The van der Waals surface area contributed by atoms with E-state index in [4.69, 9.17) is 4.98 Å². The van der Waals surface area contributed by atoms with Gasteiger partial charge in [-0.15, -0.1) is 11.8 Å². The van der Waals surface area contributed by atoms with E-state index in [0.717, 1.165) is 12.2 Å². The summed E-state index contributed by atoms with van der Waals surface area (Å²) in [5, 5.41) is 3.91. The summed E-state index contributed by atoms with van der Waals surface area (Å²) in [6.07, 6.45) is 6.96. The average molecular weight is 295 g/mol. The van der Waals surface area contributed by atoms with Gasteiger partial charge in [0, 0.05) is 40.8 Å². The first kappa shape index (κ1) is 13.7. The van der Waals surface area contributed by atoms with Gasteiger partial charge in [-0.05, 0) is 26.3 Å². The number of nitrogens with one attached hydrogen (secondary N) is 1. The lowest BCUT2D eigenvalue weighted by Crippen LogP contribution is -2.19. The number of aryl methyl sites for hydroxylation is 1. The van der Waals surface area contributed by atoms with Gasteiger partial charge in [0.1, 0.15) is 5.82 Å². The largest absolute Gasteiger partial charge is 0.313 e. The lowest BCUT2D eigenvalue weighted by molar-refractivity contribution is 0.531. The molecule has 1 saturated heterocycles. The normalized spacial score (nSPS) is 27.6. The summed E-state index contributed by atoms with van der Waals surface area (Å²) < 4.78 is 0. The molecule has 2 heterocycles. The molecule has 5 heteroatoms. The van der Waals surface area contributed by atoms with Crippen LogP contribution in [-0.4, -0.2) is 34.3 Å². The minimum absolute atomic E-state index is 0.444. The molecule has 2 atom stereocenters. The van der Waals surface area contributed by atoms with Crippen molar-refractivity contribution in [1.29, 1.82) is 0 Å². The van der Waals surface area contributed by atoms with Gasteiger partial charge in [-0.2, -0.15) is 11.8 Å². The molecule has 2 unspecified atom stereocenters. The molecule has 0 aromatic carbocycles. The molecule has 104 valence electrons. The van der Waals surface area contributed by atoms with Gasteiger partial charge in [0.05, 0.1) is 5.25 Å². The smallest absolute Gasteiger partial charge is 0.142 e. The van der Waals surface area contributed by atoms with Crippen LogP contribution in [0.2, 0.25) is 0 Å². The van der Waals surface area contributed by atoms with Gasteiger partial charge in [0.2, 0.25) is 0 Å². The molecule has 3 rings (SSSR count). The summed E-state index contributed by atoms with van der Waals surface area (Å²) in [5.74, 6) is 4.73. The van der Waals surface area contributed by atoms with Crippen molar-refractivity contribution in [1.82, 2.24) is 15.3 Å². The van der Waals surface area contributed by atoms with Crippen molar-refractivity contribution in [3.63, 3.8) is 0 Å². The van der Waals surface area contributed by atoms with Crippen LogP contribution in [0.25, 0.3) is 0 Å². The lowest BCUT2D eigenvalue weighted by Gasteiger charge is -2.21. The molecule has 0 spiro atoms. The molecule has 1 N–H and O–H groups in total. The highest BCUT2D eigenvalue weighted by Crippen LogP contribution is 2.36. The molecule has 1 aromatic heterocycles. The molecule has 2 aliphatic rings. The van der Waals surface area contributed by atoms with Gasteiger partial charge in [0.15, 0.2) is 0 Å². The summed E-state index contributed by atoms with van der Waals surface area (Å²) in [6.45, 7) is 0. The molecule has 1 aliphatic carbocycles. The molecule has 1 aliphatic heterocycles. The number of rotatable bonds is 2. The predicted molar refractivity (Wildman–Crippen MR) is 83.9 cm³/mol. The Bertz CT molecular complexity index is 433. The maximum atomic E-state index is 4.91. The number of hydrogen-bond donors (Lipinski definition) is 1. The number of fused-ring (bicyclic) bond motifs is 1. The van der Waals surface area contributed by atoms with Crippen molar-refractivity contribution in [2.24, 2.45) is 0 Å². The second kappa shape index (κ2) is 6.46. The van der Waals surface area contributed by atoms with Crippen molar-refractivity contribution >= 4 is 23.5 Å². The van der Waals surface area contributed by atoms with E-state index in [-0.39, 0.29) is 0 Å². The van der Waals surface area contributed by atoms with Gasteiger partial charge < -0.3 is 5.32 Å². The predicted octanol–water partition coefficient (Wildman–Crippen LogP) is 2.98. The Morgan fingerprint density at radius 3 is 3.05 bits per heavy atom. The van der Waals surface area contributed by atoms with Crippen molar-refractivity contribution in [3.8, 4) is 0 Å². The number of hydrogen-bond acceptors (Lipinski definition) is 5. The van der Waals surface area contributed by atoms with E-state index >= 15 is 0 Å². The fraction of sp³-hybridized carbons (Fsp3) is 0.714. The summed E-state index contributed by atoms with van der Waals surface area (Å²) in [7, 11) is 2.04. The van der Waals surface area contributed by atoms with E-state index in [1.807, 2.05) is 30.6 Å². The van der Waals surface area contributed by atoms with Gasteiger partial charge >= 0.3 is 0 Å². The maximum Gasteiger partial charge on any atom is 0.142 e. The van der Waals surface area contributed by atoms with Crippen molar-refractivity contribution in [2.75, 3.05) is 24.3 Å². The molecular weight excluding hydrogens is 274 g/mol. The Labute approximate surface area is 123 Å². The summed E-state index contributed by atoms with van der Waals surface area (Å²) in [5.41, 5.74) is 2.62. The second-order valence-corrected chi connectivity index (χ2v) is 7.61. The van der Waals surface area contributed by atoms with Crippen molar-refractivity contribution < 1.29 is 0 Å². The maximum absolute atomic E-state index is 4.91. The zero-order valence-electron chi connectivity index (χ0n) is 11.4. The molecule has 0 radical (unpaired) electrons. The molecular formula is C14H21N3S2. The Hall–Kier alpha value is -0.260. The quantitative estimate of drug-likeness (QED) is 0.849. The molecule has 0 amide bonds. The Morgan fingerprint density at radius 1 is 1.32 bits per heavy atom. The van der Waals surface area contributed by atoms with Crippen LogP contribution < -0.4 is 5.32 Å². The fourth-order valence-corrected chi connectivity index (χ4v) is 5.43. The summed E-state index contributed by atoms with van der Waals surface area (Å²) in [6, 6.07) is 0.444. The molecule has 0 saturated carbocycles. The minimum atomic E-state index is 0.444. The lowest BCUT2D eigenvalue weighted by atomic mass is 10.1. The third kappa shape index (κ3) is 3.09. The number of nitrogens with zero attached hydrogens (tertiary/aromatic N) is 2. The highest BCUT2D eigenvalue weighted by molar-refractivity contribution is 8.06. The SMILES string of the molecule is CNC1CCCCc2nc(C3CSCCS3)ncc21. The van der Waals surface area contributed by atoms with Gasteiger partial charge in [-0.3, -0.25) is 0 Å². The molecule has 19 heavy (non-hydrogen) atoms. The first-order valence-electron chi connectivity index (χ1n) is 7.11. The van der Waals surface area contributed by atoms with Gasteiger partial charge in [-0.25, -0.2) is 9.97 Å². The van der Waals surface area contributed by atoms with E-state index < -0.39 is 0 Å². The first-order chi connectivity index (χ1) is 9.38. The van der Waals surface area contributed by atoms with E-state index in [2.05, 4.69) is 16.5 Å². The van der Waals surface area contributed by atoms with Crippen LogP contribution in [0.5, 0.6) is 0 Å². The van der Waals surface area contributed by atoms with Crippen LogP contribution in [0, 0.1) is 0 Å². The van der Waals surface area contributed by atoms with Gasteiger partial charge in [0.25, 0.3) is 0 Å². The zero-order chi connectivity index (χ0) is 13.1. The van der Waals surface area contributed by atoms with Crippen LogP contribution in [0.15, 0.2) is 6.20 Å². The van der Waals surface area contributed by atoms with E-state index in [1.54, 1.807) is 0 Å². The molecule has 0 bridgehead atoms. The monoisotopic (exact) mass is 295 g/mol. The topological polar surface area (TPSA) is 37.8 Å². The van der Waals surface area contributed by atoms with E-state index in [9.17, 15) is 0 Å². The third-order valence-electron chi connectivity index (χ3n) is 3.90. The van der Waals surface area contributed by atoms with Crippen molar-refractivity contribution in [3.05, 3.63) is 23.3 Å². The Morgan fingerprint density at radius 2 is 2.26 bits per heavy atom. The Balaban J connectivity index is 1.87. The second-order valence-electron chi connectivity index (χ2n) is 5.15. The highest BCUT2D eigenvalue weighted by Gasteiger charge is 2.23. The summed E-state index contributed by atoms with van der Waals surface area (Å²) >= 11 is 4.05. The fourth-order valence-electron chi connectivity index (χ4n) is 2.82. The van der Waals surface area contributed by atoms with Crippen LogP contribution in [0.4, 0.5) is 0 Å². The molecule has 1 aromatic rings. The van der Waals surface area contributed by atoms with Crippen LogP contribution in [0.1, 0.15) is 47.6 Å². The first-order valence-corrected chi connectivity index (χ1v) is 9.31. The average Bonchev–Trinajstić information content (AvgIpc) is 2.69. The minimum Gasteiger partial charge on any atom is -0.313 e. The van der Waals surface area contributed by atoms with E-state index in [1.165, 1.54) is 47.8 Å². The third-order valence-corrected chi connectivity index (χ3v) is 6.65. The zero-order valence-corrected chi connectivity index (χ0v) is 13.0. The number of aromatic nitrogens is 2. The van der Waals surface area contributed by atoms with Crippen LogP contribution in [0.3, 0.4) is 0 Å². The number of thioether (sulfide) groups is 2. The molecule has 1 fully saturated rings. The van der Waals surface area contributed by atoms with Gasteiger partial charge in [-0.1, -0.05) is 6.42 Å². The highest BCUT2D eigenvalue weighted by atomic mass is 32.2. The summed E-state index contributed by atoms with van der Waals surface area (Å²) in [4.78, 5) is 9.58. The van der Waals surface area contributed by atoms with Crippen LogP contribution >= 0.6 is 23.5 Å². The Kier molecular flexibility index (Phi) is 4.66. The standard InChI is InChI=1S/C14H21N3S2/c1-15-11-4-2-3-5-12-10(11)8-16-14(17-12)13-9-18-6-7-19-13/h8,11,13,15H,2-7,9H2,1H3. The van der Waals surface area contributed by atoms with E-state index in [0.29, 0.717) is 11.3 Å². The van der Waals surface area contributed by atoms with Crippen LogP contribution in [-0.2, 0) is 6.42 Å². The van der Waals surface area contributed by atoms with Crippen molar-refractivity contribution in [2.45, 2.75) is 37.0 Å².